The van der Waals surface area contributed by atoms with Crippen molar-refractivity contribution in [2.75, 3.05) is 11.5 Å². The normalized spacial score (nSPS) is 31.3. The fourth-order valence-electron chi connectivity index (χ4n) is 5.88. The molecule has 0 N–H and O–H groups in total. The van der Waals surface area contributed by atoms with Crippen LogP contribution in [0.2, 0.25) is 0 Å². The molecule has 2 aromatic carbocycles. The summed E-state index contributed by atoms with van der Waals surface area (Å²) < 4.78 is 5.14. The van der Waals surface area contributed by atoms with Gasteiger partial charge in [0.05, 0.1) is 23.1 Å². The second kappa shape index (κ2) is 6.99. The van der Waals surface area contributed by atoms with Gasteiger partial charge in [0.1, 0.15) is 0 Å². The molecule has 0 radical (unpaired) electrons. The van der Waals surface area contributed by atoms with Gasteiger partial charge in [-0.15, -0.1) is 0 Å². The van der Waals surface area contributed by atoms with E-state index in [-0.39, 0.29) is 53.4 Å². The van der Waals surface area contributed by atoms with Crippen LogP contribution in [0.5, 0.6) is 0 Å². The van der Waals surface area contributed by atoms with Crippen LogP contribution in [0.15, 0.2) is 66.7 Å². The Hall–Kier alpha value is -3.54. The van der Waals surface area contributed by atoms with E-state index in [2.05, 4.69) is 12.2 Å². The maximum Gasteiger partial charge on any atom is 0.338 e. The summed E-state index contributed by atoms with van der Waals surface area (Å²) in [5.74, 6) is -0.228. The molecule has 2 saturated carbocycles. The number of carbonyl (C=O) groups excluding carboxylic acids is 4. The zero-order valence-electron chi connectivity index (χ0n) is 17.2. The summed E-state index contributed by atoms with van der Waals surface area (Å²) in [6.07, 6.45) is 5.41. The third-order valence-electron chi connectivity index (χ3n) is 7.45. The van der Waals surface area contributed by atoms with Crippen LogP contribution in [-0.2, 0) is 14.3 Å². The molecule has 2 amide bonds. The highest BCUT2D eigenvalue weighted by molar-refractivity contribution is 6.22. The summed E-state index contributed by atoms with van der Waals surface area (Å²) in [7, 11) is 0. The Morgan fingerprint density at radius 3 is 2.00 bits per heavy atom. The van der Waals surface area contributed by atoms with Gasteiger partial charge in [-0.25, -0.2) is 4.79 Å². The first-order valence-corrected chi connectivity index (χ1v) is 11.0. The van der Waals surface area contributed by atoms with Crippen molar-refractivity contribution >= 4 is 29.3 Å². The van der Waals surface area contributed by atoms with E-state index in [0.717, 1.165) is 6.42 Å². The van der Waals surface area contributed by atoms with Crippen LogP contribution in [0, 0.1) is 35.5 Å². The van der Waals surface area contributed by atoms with Crippen LogP contribution < -0.4 is 4.90 Å². The number of ketones is 1. The second-order valence-corrected chi connectivity index (χ2v) is 9.08. The third-order valence-corrected chi connectivity index (χ3v) is 7.45. The number of benzene rings is 2. The van der Waals surface area contributed by atoms with Crippen LogP contribution in [0.3, 0.4) is 0 Å². The Morgan fingerprint density at radius 1 is 0.812 bits per heavy atom. The minimum absolute atomic E-state index is 0.131. The lowest BCUT2D eigenvalue weighted by atomic mass is 9.63. The van der Waals surface area contributed by atoms with Crippen LogP contribution in [0.1, 0.15) is 27.1 Å². The number of rotatable bonds is 5. The smallest absolute Gasteiger partial charge is 0.338 e. The summed E-state index contributed by atoms with van der Waals surface area (Å²) in [6.45, 7) is -0.352. The summed E-state index contributed by atoms with van der Waals surface area (Å²) in [6, 6.07) is 14.9. The Labute approximate surface area is 184 Å². The number of Topliss-reactive ketones (excluding diaryl/α,β-unsaturated/α-hetero) is 1. The van der Waals surface area contributed by atoms with Gasteiger partial charge in [-0.2, -0.15) is 0 Å². The van der Waals surface area contributed by atoms with E-state index in [1.807, 2.05) is 0 Å². The molecule has 6 heteroatoms. The number of anilines is 1. The monoisotopic (exact) mass is 427 g/mol. The molecule has 0 aromatic heterocycles. The molecular weight excluding hydrogens is 406 g/mol. The number of imide groups is 1. The number of hydrogen-bond acceptors (Lipinski definition) is 5. The summed E-state index contributed by atoms with van der Waals surface area (Å²) in [5.41, 5.74) is 1.21. The molecular formula is C26H21NO5. The van der Waals surface area contributed by atoms with Gasteiger partial charge >= 0.3 is 5.97 Å². The summed E-state index contributed by atoms with van der Waals surface area (Å²) in [5, 5.41) is 0. The highest BCUT2D eigenvalue weighted by Crippen LogP contribution is 2.65. The van der Waals surface area contributed by atoms with Gasteiger partial charge in [0.25, 0.3) is 0 Å². The van der Waals surface area contributed by atoms with Gasteiger partial charge in [0, 0.05) is 5.56 Å². The maximum absolute atomic E-state index is 13.2. The first-order valence-electron chi connectivity index (χ1n) is 11.0. The van der Waals surface area contributed by atoms with E-state index in [1.54, 1.807) is 42.5 Å². The van der Waals surface area contributed by atoms with Crippen molar-refractivity contribution < 1.29 is 23.9 Å². The van der Waals surface area contributed by atoms with Crippen molar-refractivity contribution in [1.29, 1.82) is 0 Å². The van der Waals surface area contributed by atoms with E-state index < -0.39 is 5.97 Å². The van der Waals surface area contributed by atoms with Crippen molar-refractivity contribution in [3.8, 4) is 0 Å². The molecule has 6 nitrogen and oxygen atoms in total. The topological polar surface area (TPSA) is 80.8 Å². The number of nitrogens with zero attached hydrogens (tertiary/aromatic N) is 1. The zero-order chi connectivity index (χ0) is 22.0. The van der Waals surface area contributed by atoms with E-state index in [0.29, 0.717) is 23.1 Å². The van der Waals surface area contributed by atoms with Gasteiger partial charge in [-0.05, 0) is 54.4 Å². The number of esters is 1. The molecule has 0 unspecified atom stereocenters. The lowest BCUT2D eigenvalue weighted by molar-refractivity contribution is -0.124. The Bertz CT molecular complexity index is 1130. The van der Waals surface area contributed by atoms with Crippen molar-refractivity contribution in [3.05, 3.63) is 77.9 Å². The summed E-state index contributed by atoms with van der Waals surface area (Å²) in [4.78, 5) is 52.1. The molecule has 4 aliphatic carbocycles. The fourth-order valence-corrected chi connectivity index (χ4v) is 5.88. The van der Waals surface area contributed by atoms with E-state index in [1.165, 1.54) is 17.0 Å². The molecule has 1 heterocycles. The van der Waals surface area contributed by atoms with Gasteiger partial charge < -0.3 is 4.74 Å². The molecule has 0 spiro atoms. The first-order chi connectivity index (χ1) is 15.5. The van der Waals surface area contributed by atoms with Gasteiger partial charge in [0.2, 0.25) is 11.8 Å². The number of carbonyl (C=O) groups is 4. The molecule has 5 aliphatic rings. The number of ether oxygens (including phenoxy) is 1. The quantitative estimate of drug-likeness (QED) is 0.317. The predicted molar refractivity (Wildman–Crippen MR) is 115 cm³/mol. The minimum atomic E-state index is -0.629. The highest BCUT2D eigenvalue weighted by atomic mass is 16.5. The van der Waals surface area contributed by atoms with E-state index in [9.17, 15) is 19.2 Å². The van der Waals surface area contributed by atoms with E-state index in [4.69, 9.17) is 4.74 Å². The molecule has 1 aliphatic heterocycles. The number of hydrogen-bond donors (Lipinski definition) is 0. The minimum Gasteiger partial charge on any atom is -0.454 e. The third kappa shape index (κ3) is 2.79. The molecule has 3 fully saturated rings. The Balaban J connectivity index is 1.15. The molecule has 1 saturated heterocycles. The highest BCUT2D eigenvalue weighted by Gasteiger charge is 2.67. The van der Waals surface area contributed by atoms with Crippen LogP contribution in [-0.4, -0.2) is 30.2 Å². The molecule has 32 heavy (non-hydrogen) atoms. The lowest BCUT2D eigenvalue weighted by Gasteiger charge is -2.37. The van der Waals surface area contributed by atoms with Crippen molar-refractivity contribution in [3.63, 3.8) is 0 Å². The predicted octanol–water partition coefficient (Wildman–Crippen LogP) is 3.28. The fraction of sp³-hybridized carbons (Fsp3) is 0.308. The number of amides is 2. The van der Waals surface area contributed by atoms with Crippen molar-refractivity contribution in [2.45, 2.75) is 6.42 Å². The molecule has 6 atom stereocenters. The van der Waals surface area contributed by atoms with Gasteiger partial charge in [0.15, 0.2) is 12.4 Å². The van der Waals surface area contributed by atoms with E-state index >= 15 is 0 Å². The maximum atomic E-state index is 13.2. The Kier molecular flexibility index (Phi) is 4.18. The van der Waals surface area contributed by atoms with Crippen LogP contribution >= 0.6 is 0 Å². The van der Waals surface area contributed by atoms with Crippen LogP contribution in [0.25, 0.3) is 0 Å². The average Bonchev–Trinajstić information content (AvgIpc) is 3.61. The number of allylic oxidation sites excluding steroid dienone is 2. The molecule has 2 aromatic rings. The lowest BCUT2D eigenvalue weighted by Crippen LogP contribution is -2.40. The molecule has 7 rings (SSSR count). The van der Waals surface area contributed by atoms with Gasteiger partial charge in [-0.1, -0.05) is 42.5 Å². The Morgan fingerprint density at radius 2 is 1.41 bits per heavy atom. The van der Waals surface area contributed by atoms with Crippen molar-refractivity contribution in [2.24, 2.45) is 35.5 Å². The van der Waals surface area contributed by atoms with Crippen molar-refractivity contribution in [1.82, 2.24) is 0 Å². The van der Waals surface area contributed by atoms with Gasteiger partial charge in [-0.3, -0.25) is 19.3 Å². The largest absolute Gasteiger partial charge is 0.454 e. The zero-order valence-corrected chi connectivity index (χ0v) is 17.2. The standard InChI is InChI=1S/C26H21NO5/c28-21(14-4-2-1-3-5-14)13-32-26(31)15-6-8-16(9-7-15)27-24(29)22-17-10-11-18(20-12-19(17)20)23(22)25(27)30/h1-11,17-20,22-23H,12-13H2/t17-,18+,19-,20-,22+,23-/m1/s1. The molecule has 160 valence electrons. The average molecular weight is 427 g/mol. The SMILES string of the molecule is O=C(COC(=O)c1ccc(N2C(=O)[C@@H]3[C@H]4C=C[C@H]([C@H]5C[C@H]45)[C@@H]3C2=O)cc1)c1ccccc1. The summed E-state index contributed by atoms with van der Waals surface area (Å²) >= 11 is 0. The van der Waals surface area contributed by atoms with Crippen LogP contribution in [0.4, 0.5) is 5.69 Å². The first kappa shape index (κ1) is 19.2. The second-order valence-electron chi connectivity index (χ2n) is 9.08. The molecule has 2 bridgehead atoms.